The Morgan fingerprint density at radius 3 is 2.68 bits per heavy atom. The van der Waals surface area contributed by atoms with Crippen molar-refractivity contribution in [1.82, 2.24) is 9.97 Å². The standard InChI is InChI=1S/C11H19N5O3/c1-7(5-4-6-17)13-10-9(16(18)19)8(2)14-11(12-3)15-10/h7,17H,4-6H2,1-3H3,(H2,12,13,14,15). The number of hydrogen-bond donors (Lipinski definition) is 3. The molecule has 8 nitrogen and oxygen atoms in total. The highest BCUT2D eigenvalue weighted by Gasteiger charge is 2.22. The molecule has 0 spiro atoms. The summed E-state index contributed by atoms with van der Waals surface area (Å²) in [5.74, 6) is 0.534. The molecule has 0 radical (unpaired) electrons. The van der Waals surface area contributed by atoms with Gasteiger partial charge in [-0.05, 0) is 26.7 Å². The second-order valence-electron chi connectivity index (χ2n) is 4.25. The van der Waals surface area contributed by atoms with Gasteiger partial charge in [0.05, 0.1) is 4.92 Å². The lowest BCUT2D eigenvalue weighted by atomic mass is 10.2. The molecule has 1 atom stereocenters. The molecule has 8 heteroatoms. The molecule has 19 heavy (non-hydrogen) atoms. The van der Waals surface area contributed by atoms with Gasteiger partial charge in [0.1, 0.15) is 5.69 Å². The third kappa shape index (κ3) is 4.02. The quantitative estimate of drug-likeness (QED) is 0.505. The van der Waals surface area contributed by atoms with Crippen molar-refractivity contribution in [2.45, 2.75) is 32.7 Å². The fraction of sp³-hybridized carbons (Fsp3) is 0.636. The van der Waals surface area contributed by atoms with Crippen LogP contribution in [0.4, 0.5) is 17.5 Å². The van der Waals surface area contributed by atoms with Crippen LogP contribution in [0, 0.1) is 17.0 Å². The van der Waals surface area contributed by atoms with E-state index in [1.54, 1.807) is 14.0 Å². The van der Waals surface area contributed by atoms with E-state index in [0.29, 0.717) is 24.5 Å². The van der Waals surface area contributed by atoms with E-state index in [-0.39, 0.29) is 24.2 Å². The minimum Gasteiger partial charge on any atom is -0.396 e. The molecule has 1 heterocycles. The number of nitrogens with zero attached hydrogens (tertiary/aromatic N) is 3. The van der Waals surface area contributed by atoms with Crippen LogP contribution in [0.1, 0.15) is 25.5 Å². The maximum Gasteiger partial charge on any atom is 0.332 e. The van der Waals surface area contributed by atoms with E-state index in [2.05, 4.69) is 20.6 Å². The molecular formula is C11H19N5O3. The van der Waals surface area contributed by atoms with E-state index in [0.717, 1.165) is 0 Å². The topological polar surface area (TPSA) is 113 Å². The van der Waals surface area contributed by atoms with Crippen molar-refractivity contribution in [3.05, 3.63) is 15.8 Å². The molecule has 0 bridgehead atoms. The van der Waals surface area contributed by atoms with Crippen molar-refractivity contribution in [3.8, 4) is 0 Å². The van der Waals surface area contributed by atoms with Crippen LogP contribution in [-0.2, 0) is 0 Å². The molecular weight excluding hydrogens is 250 g/mol. The van der Waals surface area contributed by atoms with Crippen LogP contribution in [0.5, 0.6) is 0 Å². The monoisotopic (exact) mass is 269 g/mol. The third-order valence-corrected chi connectivity index (χ3v) is 2.64. The molecule has 0 aliphatic heterocycles. The minimum atomic E-state index is -0.490. The van der Waals surface area contributed by atoms with Gasteiger partial charge in [0, 0.05) is 19.7 Å². The number of nitro groups is 1. The summed E-state index contributed by atoms with van der Waals surface area (Å²) in [6.45, 7) is 3.55. The van der Waals surface area contributed by atoms with Gasteiger partial charge in [-0.25, -0.2) is 4.98 Å². The summed E-state index contributed by atoms with van der Waals surface area (Å²) < 4.78 is 0. The zero-order valence-electron chi connectivity index (χ0n) is 11.3. The lowest BCUT2D eigenvalue weighted by Crippen LogP contribution is -2.19. The van der Waals surface area contributed by atoms with Gasteiger partial charge >= 0.3 is 5.69 Å². The average Bonchev–Trinajstić information content (AvgIpc) is 2.35. The Labute approximate surface area is 111 Å². The molecule has 0 saturated heterocycles. The van der Waals surface area contributed by atoms with Crippen LogP contribution >= 0.6 is 0 Å². The summed E-state index contributed by atoms with van der Waals surface area (Å²) in [7, 11) is 1.65. The molecule has 1 aromatic rings. The largest absolute Gasteiger partial charge is 0.396 e. The van der Waals surface area contributed by atoms with Gasteiger partial charge < -0.3 is 15.7 Å². The van der Waals surface area contributed by atoms with Gasteiger partial charge in [-0.1, -0.05) is 0 Å². The SMILES string of the molecule is CNc1nc(C)c([N+](=O)[O-])c(NC(C)CCCO)n1. The smallest absolute Gasteiger partial charge is 0.332 e. The summed E-state index contributed by atoms with van der Waals surface area (Å²) >= 11 is 0. The Morgan fingerprint density at radius 1 is 1.47 bits per heavy atom. The van der Waals surface area contributed by atoms with Crippen LogP contribution in [0.15, 0.2) is 0 Å². The normalized spacial score (nSPS) is 12.0. The van der Waals surface area contributed by atoms with Crippen LogP contribution in [0.3, 0.4) is 0 Å². The van der Waals surface area contributed by atoms with Crippen molar-refractivity contribution in [2.24, 2.45) is 0 Å². The average molecular weight is 269 g/mol. The minimum absolute atomic E-state index is 0.0233. The highest BCUT2D eigenvalue weighted by atomic mass is 16.6. The molecule has 0 aromatic carbocycles. The van der Waals surface area contributed by atoms with Crippen LogP contribution in [-0.4, -0.2) is 39.7 Å². The first-order valence-corrected chi connectivity index (χ1v) is 6.07. The van der Waals surface area contributed by atoms with Gasteiger partial charge in [-0.2, -0.15) is 4.98 Å². The van der Waals surface area contributed by atoms with Crippen molar-refractivity contribution < 1.29 is 10.0 Å². The van der Waals surface area contributed by atoms with Crippen molar-refractivity contribution in [2.75, 3.05) is 24.3 Å². The number of aryl methyl sites for hydroxylation is 1. The van der Waals surface area contributed by atoms with Gasteiger partial charge in [0.2, 0.25) is 11.8 Å². The lowest BCUT2D eigenvalue weighted by molar-refractivity contribution is -0.385. The first kappa shape index (κ1) is 15.1. The van der Waals surface area contributed by atoms with Gasteiger partial charge in [0.15, 0.2) is 0 Å². The molecule has 1 unspecified atom stereocenters. The van der Waals surface area contributed by atoms with Crippen LogP contribution in [0.2, 0.25) is 0 Å². The molecule has 0 fully saturated rings. The number of rotatable bonds is 7. The zero-order valence-corrected chi connectivity index (χ0v) is 11.3. The Bertz CT molecular complexity index is 452. The van der Waals surface area contributed by atoms with Gasteiger partial charge in [-0.15, -0.1) is 0 Å². The van der Waals surface area contributed by atoms with Gasteiger partial charge in [-0.3, -0.25) is 10.1 Å². The van der Waals surface area contributed by atoms with E-state index >= 15 is 0 Å². The second kappa shape index (κ2) is 6.83. The molecule has 0 aliphatic rings. The number of anilines is 2. The maximum atomic E-state index is 11.1. The number of aromatic nitrogens is 2. The molecule has 0 saturated carbocycles. The lowest BCUT2D eigenvalue weighted by Gasteiger charge is -2.15. The Morgan fingerprint density at radius 2 is 2.16 bits per heavy atom. The number of aliphatic hydroxyl groups is 1. The summed E-state index contributed by atoms with van der Waals surface area (Å²) in [6.07, 6.45) is 1.33. The summed E-state index contributed by atoms with van der Waals surface area (Å²) in [6, 6.07) is -0.0233. The first-order chi connectivity index (χ1) is 8.99. The predicted octanol–water partition coefficient (Wildman–Crippen LogP) is 1.31. The zero-order chi connectivity index (χ0) is 14.4. The van der Waals surface area contributed by atoms with Crippen LogP contribution < -0.4 is 10.6 Å². The number of nitrogens with one attached hydrogen (secondary N) is 2. The predicted molar refractivity (Wildman–Crippen MR) is 72.4 cm³/mol. The summed E-state index contributed by atoms with van der Waals surface area (Å²) in [5.41, 5.74) is 0.191. The molecule has 0 amide bonds. The van der Waals surface area contributed by atoms with E-state index in [4.69, 9.17) is 5.11 Å². The van der Waals surface area contributed by atoms with E-state index in [1.165, 1.54) is 0 Å². The first-order valence-electron chi connectivity index (χ1n) is 6.07. The van der Waals surface area contributed by atoms with E-state index < -0.39 is 4.92 Å². The Balaban J connectivity index is 3.02. The van der Waals surface area contributed by atoms with Crippen molar-refractivity contribution in [3.63, 3.8) is 0 Å². The van der Waals surface area contributed by atoms with E-state index in [1.807, 2.05) is 6.92 Å². The summed E-state index contributed by atoms with van der Waals surface area (Å²) in [5, 5.41) is 25.6. The molecule has 0 aliphatic carbocycles. The van der Waals surface area contributed by atoms with Gasteiger partial charge in [0.25, 0.3) is 0 Å². The number of aliphatic hydroxyl groups excluding tert-OH is 1. The third-order valence-electron chi connectivity index (χ3n) is 2.64. The Kier molecular flexibility index (Phi) is 5.43. The molecule has 3 N–H and O–H groups in total. The fourth-order valence-electron chi connectivity index (χ4n) is 1.70. The molecule has 1 aromatic heterocycles. The molecule has 106 valence electrons. The highest BCUT2D eigenvalue weighted by Crippen LogP contribution is 2.27. The van der Waals surface area contributed by atoms with Crippen molar-refractivity contribution in [1.29, 1.82) is 0 Å². The van der Waals surface area contributed by atoms with Crippen molar-refractivity contribution >= 4 is 17.5 Å². The Hall–Kier alpha value is -1.96. The summed E-state index contributed by atoms with van der Waals surface area (Å²) in [4.78, 5) is 18.7. The van der Waals surface area contributed by atoms with E-state index in [9.17, 15) is 10.1 Å². The second-order valence-corrected chi connectivity index (χ2v) is 4.25. The number of hydrogen-bond acceptors (Lipinski definition) is 7. The fourth-order valence-corrected chi connectivity index (χ4v) is 1.70. The van der Waals surface area contributed by atoms with Crippen LogP contribution in [0.25, 0.3) is 0 Å². The maximum absolute atomic E-state index is 11.1. The molecule has 1 rings (SSSR count). The highest BCUT2D eigenvalue weighted by molar-refractivity contribution is 5.61.